The molecule has 2 aromatic rings. The van der Waals surface area contributed by atoms with E-state index >= 15 is 0 Å². The lowest BCUT2D eigenvalue weighted by atomic mass is 10.1. The number of rotatable bonds is 5. The van der Waals surface area contributed by atoms with E-state index in [1.54, 1.807) is 0 Å². The van der Waals surface area contributed by atoms with Crippen LogP contribution in [0.1, 0.15) is 11.1 Å². The summed E-state index contributed by atoms with van der Waals surface area (Å²) in [5.74, 6) is 0. The molecule has 1 heterocycles. The number of non-ortho nitro benzene ring substituents is 1. The van der Waals surface area contributed by atoms with Crippen molar-refractivity contribution in [2.45, 2.75) is 17.7 Å². The molecule has 1 aliphatic heterocycles. The maximum Gasteiger partial charge on any atom is 0.270 e. The van der Waals surface area contributed by atoms with Gasteiger partial charge >= 0.3 is 0 Å². The molecule has 0 aromatic heterocycles. The fourth-order valence-electron chi connectivity index (χ4n) is 3.48. The fourth-order valence-corrected chi connectivity index (χ4v) is 5.05. The van der Waals surface area contributed by atoms with E-state index in [1.165, 1.54) is 27.6 Å². The minimum atomic E-state index is -3.93. The molecule has 2 aliphatic rings. The number of hydrogen-bond acceptors (Lipinski definition) is 7. The van der Waals surface area contributed by atoms with Gasteiger partial charge in [0, 0.05) is 43.8 Å². The molecule has 29 heavy (non-hydrogen) atoms. The maximum atomic E-state index is 13.1. The second-order valence-corrected chi connectivity index (χ2v) is 8.77. The van der Waals surface area contributed by atoms with Gasteiger partial charge in [-0.3, -0.25) is 15.5 Å². The Bertz CT molecular complexity index is 1050. The third-order valence-corrected chi connectivity index (χ3v) is 6.94. The standard InChI is InChI=1S/C19H20N4O5S/c24-23(25)17-5-6-18(19(13-17)29(26,27)22-7-9-28-10-8-22)21-20-16-11-14-3-1-2-4-15(14)12-16/h1-6,13,21H,7-12H2. The number of fused-ring (bicyclic) bond motifs is 1. The molecule has 0 unspecified atom stereocenters. The van der Waals surface area contributed by atoms with Crippen LogP contribution in [0.4, 0.5) is 11.4 Å². The van der Waals surface area contributed by atoms with Crippen LogP contribution in [0.3, 0.4) is 0 Å². The second-order valence-electron chi connectivity index (χ2n) is 6.87. The molecule has 4 rings (SSSR count). The number of benzene rings is 2. The van der Waals surface area contributed by atoms with Crippen LogP contribution in [0.15, 0.2) is 52.5 Å². The van der Waals surface area contributed by atoms with Gasteiger partial charge in [-0.25, -0.2) is 8.42 Å². The second kappa shape index (κ2) is 7.90. The summed E-state index contributed by atoms with van der Waals surface area (Å²) in [6.07, 6.45) is 1.36. The Labute approximate surface area is 168 Å². The SMILES string of the molecule is O=[N+]([O-])c1ccc(NN=C2Cc3ccccc3C2)c(S(=O)(=O)N2CCOCC2)c1. The molecule has 10 heteroatoms. The van der Waals surface area contributed by atoms with E-state index in [-0.39, 0.29) is 42.6 Å². The maximum absolute atomic E-state index is 13.1. The molecule has 1 saturated heterocycles. The number of nitrogens with one attached hydrogen (secondary N) is 1. The zero-order chi connectivity index (χ0) is 20.4. The first-order valence-corrected chi connectivity index (χ1v) is 10.6. The van der Waals surface area contributed by atoms with Crippen molar-refractivity contribution in [1.82, 2.24) is 4.31 Å². The molecule has 0 atom stereocenters. The largest absolute Gasteiger partial charge is 0.379 e. The van der Waals surface area contributed by atoms with Crippen LogP contribution in [0.2, 0.25) is 0 Å². The Morgan fingerprint density at radius 1 is 1.07 bits per heavy atom. The molecule has 1 aliphatic carbocycles. The van der Waals surface area contributed by atoms with Gasteiger partial charge < -0.3 is 4.74 Å². The molecular weight excluding hydrogens is 396 g/mol. The normalized spacial score (nSPS) is 17.0. The van der Waals surface area contributed by atoms with Crippen LogP contribution in [0.25, 0.3) is 0 Å². The molecule has 0 spiro atoms. The highest BCUT2D eigenvalue weighted by molar-refractivity contribution is 7.89. The van der Waals surface area contributed by atoms with E-state index < -0.39 is 14.9 Å². The van der Waals surface area contributed by atoms with Gasteiger partial charge in [-0.1, -0.05) is 24.3 Å². The lowest BCUT2D eigenvalue weighted by Crippen LogP contribution is -2.40. The lowest BCUT2D eigenvalue weighted by Gasteiger charge is -2.26. The van der Waals surface area contributed by atoms with Crippen LogP contribution < -0.4 is 5.43 Å². The summed E-state index contributed by atoms with van der Waals surface area (Å²) < 4.78 is 32.7. The van der Waals surface area contributed by atoms with Crippen molar-refractivity contribution in [2.24, 2.45) is 5.10 Å². The minimum Gasteiger partial charge on any atom is -0.379 e. The van der Waals surface area contributed by atoms with Crippen molar-refractivity contribution in [3.63, 3.8) is 0 Å². The highest BCUT2D eigenvalue weighted by Gasteiger charge is 2.30. The summed E-state index contributed by atoms with van der Waals surface area (Å²) in [6, 6.07) is 11.8. The van der Waals surface area contributed by atoms with E-state index in [1.807, 2.05) is 24.3 Å². The van der Waals surface area contributed by atoms with Crippen molar-refractivity contribution >= 4 is 27.1 Å². The minimum absolute atomic E-state index is 0.159. The quantitative estimate of drug-likeness (QED) is 0.590. The van der Waals surface area contributed by atoms with Crippen LogP contribution in [-0.2, 0) is 27.6 Å². The Morgan fingerprint density at radius 3 is 2.34 bits per heavy atom. The van der Waals surface area contributed by atoms with Crippen molar-refractivity contribution in [3.05, 3.63) is 63.7 Å². The average molecular weight is 416 g/mol. The summed E-state index contributed by atoms with van der Waals surface area (Å²) in [5.41, 5.74) is 6.01. The van der Waals surface area contributed by atoms with Gasteiger partial charge in [0.2, 0.25) is 10.0 Å². The number of nitro groups is 1. The van der Waals surface area contributed by atoms with Gasteiger partial charge in [-0.2, -0.15) is 9.41 Å². The number of nitrogens with zero attached hydrogens (tertiary/aromatic N) is 3. The van der Waals surface area contributed by atoms with Crippen molar-refractivity contribution in [2.75, 3.05) is 31.7 Å². The van der Waals surface area contributed by atoms with Gasteiger partial charge in [0.25, 0.3) is 5.69 Å². The van der Waals surface area contributed by atoms with E-state index in [0.717, 1.165) is 11.8 Å². The van der Waals surface area contributed by atoms with Crippen LogP contribution in [-0.4, -0.2) is 49.7 Å². The number of nitro benzene ring substituents is 1. The third-order valence-electron chi connectivity index (χ3n) is 5.01. The first-order chi connectivity index (χ1) is 13.9. The fraction of sp³-hybridized carbons (Fsp3) is 0.316. The highest BCUT2D eigenvalue weighted by atomic mass is 32.2. The van der Waals surface area contributed by atoms with E-state index in [0.29, 0.717) is 12.8 Å². The van der Waals surface area contributed by atoms with E-state index in [2.05, 4.69) is 10.5 Å². The van der Waals surface area contributed by atoms with Crippen LogP contribution in [0, 0.1) is 10.1 Å². The predicted octanol–water partition coefficient (Wildman–Crippen LogP) is 2.18. The molecule has 0 saturated carbocycles. The molecule has 0 bridgehead atoms. The molecule has 0 amide bonds. The van der Waals surface area contributed by atoms with E-state index in [4.69, 9.17) is 4.74 Å². The summed E-state index contributed by atoms with van der Waals surface area (Å²) in [4.78, 5) is 10.4. The van der Waals surface area contributed by atoms with Crippen LogP contribution >= 0.6 is 0 Å². The van der Waals surface area contributed by atoms with Gasteiger partial charge in [0.05, 0.1) is 23.8 Å². The molecule has 2 aromatic carbocycles. The number of ether oxygens (including phenoxy) is 1. The number of hydrogen-bond donors (Lipinski definition) is 1. The molecule has 0 radical (unpaired) electrons. The summed E-state index contributed by atoms with van der Waals surface area (Å²) in [6.45, 7) is 0.984. The van der Waals surface area contributed by atoms with Crippen molar-refractivity contribution in [3.8, 4) is 0 Å². The molecule has 1 fully saturated rings. The first kappa shape index (κ1) is 19.5. The zero-order valence-electron chi connectivity index (χ0n) is 15.6. The Balaban J connectivity index is 1.65. The number of anilines is 1. The predicted molar refractivity (Wildman–Crippen MR) is 108 cm³/mol. The molecule has 152 valence electrons. The number of hydrazone groups is 1. The summed E-state index contributed by atoms with van der Waals surface area (Å²) in [5, 5.41) is 15.6. The summed E-state index contributed by atoms with van der Waals surface area (Å²) >= 11 is 0. The first-order valence-electron chi connectivity index (χ1n) is 9.20. The zero-order valence-corrected chi connectivity index (χ0v) is 16.4. The van der Waals surface area contributed by atoms with Gasteiger partial charge in [0.15, 0.2) is 0 Å². The molecule has 1 N–H and O–H groups in total. The average Bonchev–Trinajstić information content (AvgIpc) is 3.15. The van der Waals surface area contributed by atoms with Crippen LogP contribution in [0.5, 0.6) is 0 Å². The Hall–Kier alpha value is -2.82. The Morgan fingerprint density at radius 2 is 1.72 bits per heavy atom. The lowest BCUT2D eigenvalue weighted by molar-refractivity contribution is -0.385. The van der Waals surface area contributed by atoms with E-state index in [9.17, 15) is 18.5 Å². The monoisotopic (exact) mass is 416 g/mol. The van der Waals surface area contributed by atoms with Crippen molar-refractivity contribution < 1.29 is 18.1 Å². The highest BCUT2D eigenvalue weighted by Crippen LogP contribution is 2.30. The third kappa shape index (κ3) is 4.00. The topological polar surface area (TPSA) is 114 Å². The number of sulfonamides is 1. The summed E-state index contributed by atoms with van der Waals surface area (Å²) in [7, 11) is -3.93. The smallest absolute Gasteiger partial charge is 0.270 e. The van der Waals surface area contributed by atoms with Gasteiger partial charge in [0.1, 0.15) is 4.90 Å². The number of morpholine rings is 1. The van der Waals surface area contributed by atoms with Crippen molar-refractivity contribution in [1.29, 1.82) is 0 Å². The molecular formula is C19H20N4O5S. The van der Waals surface area contributed by atoms with Gasteiger partial charge in [-0.05, 0) is 17.2 Å². The molecule has 9 nitrogen and oxygen atoms in total. The Kier molecular flexibility index (Phi) is 5.31. The van der Waals surface area contributed by atoms with Gasteiger partial charge in [-0.15, -0.1) is 0 Å².